The molecule has 0 saturated carbocycles. The van der Waals surface area contributed by atoms with Crippen LogP contribution in [0.2, 0.25) is 0 Å². The molecule has 0 aliphatic heterocycles. The summed E-state index contributed by atoms with van der Waals surface area (Å²) in [5.41, 5.74) is 0.782. The lowest BCUT2D eigenvalue weighted by Gasteiger charge is -2.10. The van der Waals surface area contributed by atoms with Crippen LogP contribution in [0, 0.1) is 11.3 Å². The van der Waals surface area contributed by atoms with Gasteiger partial charge in [0, 0.05) is 18.0 Å². The van der Waals surface area contributed by atoms with Crippen molar-refractivity contribution in [2.24, 2.45) is 7.05 Å². The van der Waals surface area contributed by atoms with E-state index in [1.165, 1.54) is 11.6 Å². The molecule has 1 aromatic carbocycles. The van der Waals surface area contributed by atoms with E-state index in [4.69, 9.17) is 5.26 Å². The Hall–Kier alpha value is -1.96. The normalized spacial score (nSPS) is 11.8. The van der Waals surface area contributed by atoms with Gasteiger partial charge in [0.1, 0.15) is 5.69 Å². The lowest BCUT2D eigenvalue weighted by Crippen LogP contribution is -2.13. The number of aryl methyl sites for hydroxylation is 2. The lowest BCUT2D eigenvalue weighted by molar-refractivity contribution is -0.143. The van der Waals surface area contributed by atoms with E-state index in [1.807, 2.05) is 19.1 Å². The summed E-state index contributed by atoms with van der Waals surface area (Å²) in [7, 11) is 1.41. The van der Waals surface area contributed by atoms with Crippen molar-refractivity contribution < 1.29 is 13.2 Å². The van der Waals surface area contributed by atoms with Gasteiger partial charge in [-0.3, -0.25) is 0 Å². The Kier molecular flexibility index (Phi) is 3.27. The van der Waals surface area contributed by atoms with Crippen LogP contribution in [0.1, 0.15) is 23.7 Å². The predicted octanol–water partition coefficient (Wildman–Crippen LogP) is 3.83. The summed E-state index contributed by atoms with van der Waals surface area (Å²) in [4.78, 5) is 0. The molecule has 2 rings (SSSR count). The van der Waals surface area contributed by atoms with Gasteiger partial charge in [0.2, 0.25) is 0 Å². The molecule has 0 spiro atoms. The van der Waals surface area contributed by atoms with E-state index in [9.17, 15) is 13.2 Å². The van der Waals surface area contributed by atoms with Crippen molar-refractivity contribution in [2.45, 2.75) is 25.9 Å². The summed E-state index contributed by atoms with van der Waals surface area (Å²) in [6.45, 7) is 1.90. The maximum Gasteiger partial charge on any atom is 0.431 e. The molecule has 0 aliphatic rings. The van der Waals surface area contributed by atoms with Crippen LogP contribution in [0.4, 0.5) is 13.2 Å². The van der Waals surface area contributed by atoms with Crippen LogP contribution in [0.15, 0.2) is 18.2 Å². The predicted molar refractivity (Wildman–Crippen MR) is 66.6 cm³/mol. The molecule has 0 aliphatic carbocycles. The highest BCUT2D eigenvalue weighted by molar-refractivity contribution is 5.88. The number of nitriles is 1. The number of halogens is 3. The van der Waals surface area contributed by atoms with E-state index >= 15 is 0 Å². The Bertz CT molecular complexity index is 660. The van der Waals surface area contributed by atoms with Crippen LogP contribution in [-0.2, 0) is 26.1 Å². The minimum Gasteiger partial charge on any atom is -0.340 e. The molecule has 0 bridgehead atoms. The highest BCUT2D eigenvalue weighted by Gasteiger charge is 2.38. The molecular weight excluding hydrogens is 253 g/mol. The lowest BCUT2D eigenvalue weighted by atomic mass is 10.0. The second kappa shape index (κ2) is 4.61. The van der Waals surface area contributed by atoms with Crippen LogP contribution in [0.5, 0.6) is 0 Å². The fourth-order valence-electron chi connectivity index (χ4n) is 2.58. The van der Waals surface area contributed by atoms with Crippen LogP contribution >= 0.6 is 0 Å². The monoisotopic (exact) mass is 266 g/mol. The Labute approximate surface area is 109 Å². The summed E-state index contributed by atoms with van der Waals surface area (Å²) < 4.78 is 40.7. The number of rotatable bonds is 2. The Morgan fingerprint density at radius 1 is 1.32 bits per heavy atom. The molecule has 0 atom stereocenters. The smallest absolute Gasteiger partial charge is 0.340 e. The first-order valence-corrected chi connectivity index (χ1v) is 5.95. The fourth-order valence-corrected chi connectivity index (χ4v) is 2.58. The van der Waals surface area contributed by atoms with Gasteiger partial charge in [-0.1, -0.05) is 25.1 Å². The van der Waals surface area contributed by atoms with Gasteiger partial charge in [0.15, 0.2) is 0 Å². The van der Waals surface area contributed by atoms with E-state index in [2.05, 4.69) is 0 Å². The number of benzene rings is 1. The van der Waals surface area contributed by atoms with Gasteiger partial charge >= 0.3 is 6.18 Å². The molecule has 0 saturated heterocycles. The van der Waals surface area contributed by atoms with Gasteiger partial charge in [-0.15, -0.1) is 0 Å². The zero-order chi connectivity index (χ0) is 14.2. The zero-order valence-corrected chi connectivity index (χ0v) is 10.7. The molecule has 0 unspecified atom stereocenters. The molecule has 5 heteroatoms. The summed E-state index contributed by atoms with van der Waals surface area (Å²) >= 11 is 0. The average molecular weight is 266 g/mol. The quantitative estimate of drug-likeness (QED) is 0.812. The third kappa shape index (κ3) is 2.07. The average Bonchev–Trinajstić information content (AvgIpc) is 2.63. The van der Waals surface area contributed by atoms with Gasteiger partial charge in [0.25, 0.3) is 0 Å². The first kappa shape index (κ1) is 13.5. The van der Waals surface area contributed by atoms with Crippen LogP contribution in [0.3, 0.4) is 0 Å². The number of para-hydroxylation sites is 1. The van der Waals surface area contributed by atoms with Crippen molar-refractivity contribution in [1.82, 2.24) is 4.57 Å². The molecule has 100 valence electrons. The van der Waals surface area contributed by atoms with E-state index in [0.717, 1.165) is 5.56 Å². The third-order valence-electron chi connectivity index (χ3n) is 3.31. The third-order valence-corrected chi connectivity index (χ3v) is 3.31. The fraction of sp³-hybridized carbons (Fsp3) is 0.357. The van der Waals surface area contributed by atoms with E-state index < -0.39 is 11.9 Å². The minimum absolute atomic E-state index is 0.0720. The largest absolute Gasteiger partial charge is 0.431 e. The number of fused-ring (bicyclic) bond motifs is 1. The number of alkyl halides is 3. The first-order valence-electron chi connectivity index (χ1n) is 5.95. The van der Waals surface area contributed by atoms with Crippen molar-refractivity contribution in [2.75, 3.05) is 0 Å². The molecular formula is C14H13F3N2. The van der Waals surface area contributed by atoms with Crippen molar-refractivity contribution in [3.63, 3.8) is 0 Å². The van der Waals surface area contributed by atoms with Crippen molar-refractivity contribution in [3.05, 3.63) is 35.0 Å². The Balaban J connectivity index is 2.92. The molecule has 0 amide bonds. The minimum atomic E-state index is -4.45. The van der Waals surface area contributed by atoms with Crippen molar-refractivity contribution in [1.29, 1.82) is 5.26 Å². The summed E-state index contributed by atoms with van der Waals surface area (Å²) in [5, 5.41) is 9.30. The maximum absolute atomic E-state index is 13.2. The van der Waals surface area contributed by atoms with Crippen LogP contribution in [-0.4, -0.2) is 4.57 Å². The Morgan fingerprint density at radius 3 is 2.53 bits per heavy atom. The molecule has 0 N–H and O–H groups in total. The topological polar surface area (TPSA) is 28.7 Å². The molecule has 0 fully saturated rings. The van der Waals surface area contributed by atoms with E-state index in [-0.39, 0.29) is 12.0 Å². The second-order valence-corrected chi connectivity index (χ2v) is 4.39. The van der Waals surface area contributed by atoms with Crippen LogP contribution in [0.25, 0.3) is 10.9 Å². The van der Waals surface area contributed by atoms with Crippen molar-refractivity contribution in [3.8, 4) is 6.07 Å². The van der Waals surface area contributed by atoms with Gasteiger partial charge < -0.3 is 4.57 Å². The number of hydrogen-bond donors (Lipinski definition) is 0. The van der Waals surface area contributed by atoms with Gasteiger partial charge in [-0.25, -0.2) is 0 Å². The Morgan fingerprint density at radius 2 is 2.00 bits per heavy atom. The van der Waals surface area contributed by atoms with E-state index in [0.29, 0.717) is 17.3 Å². The molecule has 19 heavy (non-hydrogen) atoms. The summed E-state index contributed by atoms with van der Waals surface area (Å²) in [6, 6.07) is 7.03. The SMILES string of the molecule is CCc1cccc2c(CC#N)c(C(F)(F)F)n(C)c12. The molecule has 2 aromatic rings. The molecule has 2 nitrogen and oxygen atoms in total. The zero-order valence-electron chi connectivity index (χ0n) is 10.7. The second-order valence-electron chi connectivity index (χ2n) is 4.39. The number of nitrogens with zero attached hydrogens (tertiary/aromatic N) is 2. The number of aromatic nitrogens is 1. The summed E-state index contributed by atoms with van der Waals surface area (Å²) in [6.07, 6.45) is -4.04. The van der Waals surface area contributed by atoms with E-state index in [1.54, 1.807) is 12.1 Å². The van der Waals surface area contributed by atoms with Crippen molar-refractivity contribution >= 4 is 10.9 Å². The molecule has 0 radical (unpaired) electrons. The van der Waals surface area contributed by atoms with Gasteiger partial charge in [-0.2, -0.15) is 18.4 Å². The van der Waals surface area contributed by atoms with Crippen LogP contribution < -0.4 is 0 Å². The molecule has 1 aromatic heterocycles. The summed E-state index contributed by atoms with van der Waals surface area (Å²) in [5.74, 6) is 0. The number of hydrogen-bond acceptors (Lipinski definition) is 1. The standard InChI is InChI=1S/C14H13F3N2/c1-3-9-5-4-6-10-11(7-8-18)13(14(15,16)17)19(2)12(9)10/h4-6H,3,7H2,1-2H3. The van der Waals surface area contributed by atoms with Gasteiger partial charge in [-0.05, 0) is 12.0 Å². The first-order chi connectivity index (χ1) is 8.91. The highest BCUT2D eigenvalue weighted by atomic mass is 19.4. The molecule has 1 heterocycles. The maximum atomic E-state index is 13.2. The highest BCUT2D eigenvalue weighted by Crippen LogP contribution is 2.38. The van der Waals surface area contributed by atoms with Gasteiger partial charge in [0.05, 0.1) is 18.0 Å².